The normalized spacial score (nSPS) is 16.2. The molecule has 1 fully saturated rings. The van der Waals surface area contributed by atoms with Crippen LogP contribution in [-0.4, -0.2) is 18.1 Å². The average Bonchev–Trinajstić information content (AvgIpc) is 3.15. The lowest BCUT2D eigenvalue weighted by molar-refractivity contribution is 0.201. The van der Waals surface area contributed by atoms with Crippen LogP contribution in [0.25, 0.3) is 10.2 Å². The molecule has 4 nitrogen and oxygen atoms in total. The highest BCUT2D eigenvalue weighted by Gasteiger charge is 2.22. The van der Waals surface area contributed by atoms with Crippen molar-refractivity contribution >= 4 is 21.6 Å². The second kappa shape index (κ2) is 9.39. The molecule has 0 bridgehead atoms. The number of para-hydroxylation sites is 1. The first-order valence-corrected chi connectivity index (χ1v) is 11.1. The van der Waals surface area contributed by atoms with Gasteiger partial charge in [0.25, 0.3) is 5.19 Å². The van der Waals surface area contributed by atoms with E-state index in [4.69, 9.17) is 15.2 Å². The van der Waals surface area contributed by atoms with E-state index in [1.807, 2.05) is 42.5 Å². The molecule has 1 aliphatic rings. The van der Waals surface area contributed by atoms with Gasteiger partial charge in [-0.05, 0) is 61.2 Å². The lowest BCUT2D eigenvalue weighted by Crippen LogP contribution is -2.27. The molecule has 28 heavy (non-hydrogen) atoms. The van der Waals surface area contributed by atoms with E-state index >= 15 is 0 Å². The number of aromatic nitrogens is 1. The molecular formula is C23H28N2O2S. The monoisotopic (exact) mass is 396 g/mol. The minimum atomic E-state index is 0.585. The predicted octanol–water partition coefficient (Wildman–Crippen LogP) is 6.01. The molecule has 3 aromatic rings. The van der Waals surface area contributed by atoms with Gasteiger partial charge in [-0.1, -0.05) is 55.6 Å². The van der Waals surface area contributed by atoms with Gasteiger partial charge in [-0.25, -0.2) is 4.98 Å². The Kier molecular flexibility index (Phi) is 6.45. The van der Waals surface area contributed by atoms with Crippen LogP contribution in [-0.2, 0) is 0 Å². The summed E-state index contributed by atoms with van der Waals surface area (Å²) >= 11 is 1.55. The fourth-order valence-electron chi connectivity index (χ4n) is 4.08. The summed E-state index contributed by atoms with van der Waals surface area (Å²) in [5.74, 6) is 3.01. The van der Waals surface area contributed by atoms with Gasteiger partial charge in [-0.3, -0.25) is 0 Å². The number of nitrogens with zero attached hydrogens (tertiary/aromatic N) is 1. The third-order valence-corrected chi connectivity index (χ3v) is 6.59. The zero-order valence-corrected chi connectivity index (χ0v) is 17.0. The summed E-state index contributed by atoms with van der Waals surface area (Å²) in [4.78, 5) is 4.51. The van der Waals surface area contributed by atoms with Gasteiger partial charge in [0.2, 0.25) is 0 Å². The first-order chi connectivity index (χ1) is 13.8. The van der Waals surface area contributed by atoms with E-state index in [0.29, 0.717) is 11.1 Å². The number of hydrogen-bond acceptors (Lipinski definition) is 5. The van der Waals surface area contributed by atoms with Crippen molar-refractivity contribution < 1.29 is 9.47 Å². The van der Waals surface area contributed by atoms with E-state index in [1.165, 1.54) is 32.1 Å². The number of rotatable bonds is 8. The first kappa shape index (κ1) is 19.2. The third-order valence-electron chi connectivity index (χ3n) is 5.68. The van der Waals surface area contributed by atoms with Crippen LogP contribution < -0.4 is 15.2 Å². The number of thiazole rings is 1. The summed E-state index contributed by atoms with van der Waals surface area (Å²) in [6.45, 7) is 1.49. The Balaban J connectivity index is 1.28. The zero-order chi connectivity index (χ0) is 19.2. The number of benzene rings is 2. The molecule has 0 amide bonds. The van der Waals surface area contributed by atoms with Crippen LogP contribution >= 0.6 is 11.3 Å². The second-order valence-electron chi connectivity index (χ2n) is 7.55. The molecule has 0 radical (unpaired) electrons. The summed E-state index contributed by atoms with van der Waals surface area (Å²) in [6.07, 6.45) is 7.80. The molecule has 2 aromatic carbocycles. The predicted molar refractivity (Wildman–Crippen MR) is 115 cm³/mol. The van der Waals surface area contributed by atoms with Crippen molar-refractivity contribution in [1.82, 2.24) is 4.98 Å². The molecule has 148 valence electrons. The molecule has 0 aliphatic heterocycles. The SMILES string of the molecule is NCC(CCOc1ccc(Oc2nc3ccccc3s2)cc1)C1CCCCC1. The molecule has 1 atom stereocenters. The van der Waals surface area contributed by atoms with Gasteiger partial charge in [0, 0.05) is 0 Å². The largest absolute Gasteiger partial charge is 0.494 e. The number of fused-ring (bicyclic) bond motifs is 1. The average molecular weight is 397 g/mol. The van der Waals surface area contributed by atoms with Gasteiger partial charge in [-0.15, -0.1) is 0 Å². The van der Waals surface area contributed by atoms with Crippen molar-refractivity contribution in [3.05, 3.63) is 48.5 Å². The zero-order valence-electron chi connectivity index (χ0n) is 16.2. The fourth-order valence-corrected chi connectivity index (χ4v) is 4.91. The second-order valence-corrected chi connectivity index (χ2v) is 8.55. The molecule has 1 unspecified atom stereocenters. The van der Waals surface area contributed by atoms with Crippen LogP contribution in [0.4, 0.5) is 0 Å². The summed E-state index contributed by atoms with van der Waals surface area (Å²) in [5.41, 5.74) is 6.99. The van der Waals surface area contributed by atoms with Gasteiger partial charge in [0.1, 0.15) is 11.5 Å². The number of ether oxygens (including phenoxy) is 2. The summed E-state index contributed by atoms with van der Waals surface area (Å²) in [6, 6.07) is 15.8. The molecule has 2 N–H and O–H groups in total. The van der Waals surface area contributed by atoms with Crippen LogP contribution in [0.15, 0.2) is 48.5 Å². The standard InChI is InChI=1S/C23H28N2O2S/c24-16-18(17-6-2-1-3-7-17)14-15-26-19-10-12-20(13-11-19)27-23-25-21-8-4-5-9-22(21)28-23/h4-5,8-13,17-18H,1-3,6-7,14-16,24H2. The molecule has 1 aromatic heterocycles. The Hall–Kier alpha value is -2.11. The molecule has 5 heteroatoms. The Morgan fingerprint density at radius 2 is 1.75 bits per heavy atom. The summed E-state index contributed by atoms with van der Waals surface area (Å²) in [7, 11) is 0. The smallest absolute Gasteiger partial charge is 0.279 e. The van der Waals surface area contributed by atoms with Crippen molar-refractivity contribution in [3.8, 4) is 16.7 Å². The maximum atomic E-state index is 6.03. The molecule has 1 heterocycles. The van der Waals surface area contributed by atoms with Crippen LogP contribution in [0.3, 0.4) is 0 Å². The topological polar surface area (TPSA) is 57.4 Å². The van der Waals surface area contributed by atoms with E-state index in [9.17, 15) is 0 Å². The highest BCUT2D eigenvalue weighted by atomic mass is 32.1. The van der Waals surface area contributed by atoms with Crippen molar-refractivity contribution in [2.75, 3.05) is 13.2 Å². The van der Waals surface area contributed by atoms with E-state index in [1.54, 1.807) is 11.3 Å². The maximum Gasteiger partial charge on any atom is 0.279 e. The quantitative estimate of drug-likeness (QED) is 0.506. The Labute approximate surface area is 170 Å². The molecular weight excluding hydrogens is 368 g/mol. The highest BCUT2D eigenvalue weighted by Crippen LogP contribution is 2.33. The Morgan fingerprint density at radius 1 is 1.00 bits per heavy atom. The molecule has 0 spiro atoms. The van der Waals surface area contributed by atoms with Gasteiger partial charge in [0.05, 0.1) is 16.8 Å². The number of hydrogen-bond donors (Lipinski definition) is 1. The van der Waals surface area contributed by atoms with E-state index in [2.05, 4.69) is 11.1 Å². The molecule has 4 rings (SSSR count). The van der Waals surface area contributed by atoms with E-state index in [0.717, 1.165) is 47.2 Å². The van der Waals surface area contributed by atoms with Gasteiger partial charge in [-0.2, -0.15) is 0 Å². The van der Waals surface area contributed by atoms with E-state index in [-0.39, 0.29) is 0 Å². The van der Waals surface area contributed by atoms with Crippen molar-refractivity contribution in [2.24, 2.45) is 17.6 Å². The number of nitrogens with two attached hydrogens (primary N) is 1. The van der Waals surface area contributed by atoms with Gasteiger partial charge < -0.3 is 15.2 Å². The maximum absolute atomic E-state index is 6.03. The lowest BCUT2D eigenvalue weighted by atomic mass is 9.79. The summed E-state index contributed by atoms with van der Waals surface area (Å²) in [5, 5.41) is 0.660. The van der Waals surface area contributed by atoms with E-state index < -0.39 is 0 Å². The molecule has 1 aliphatic carbocycles. The first-order valence-electron chi connectivity index (χ1n) is 10.3. The Morgan fingerprint density at radius 3 is 2.50 bits per heavy atom. The molecule has 0 saturated heterocycles. The van der Waals surface area contributed by atoms with Crippen molar-refractivity contribution in [1.29, 1.82) is 0 Å². The van der Waals surface area contributed by atoms with Crippen molar-refractivity contribution in [3.63, 3.8) is 0 Å². The van der Waals surface area contributed by atoms with Gasteiger partial charge in [0.15, 0.2) is 0 Å². The molecule has 1 saturated carbocycles. The highest BCUT2D eigenvalue weighted by molar-refractivity contribution is 7.20. The minimum Gasteiger partial charge on any atom is -0.494 e. The van der Waals surface area contributed by atoms with Gasteiger partial charge >= 0.3 is 0 Å². The third kappa shape index (κ3) is 4.83. The summed E-state index contributed by atoms with van der Waals surface area (Å²) < 4.78 is 13.0. The fraction of sp³-hybridized carbons (Fsp3) is 0.435. The minimum absolute atomic E-state index is 0.585. The van der Waals surface area contributed by atoms with Crippen LogP contribution in [0, 0.1) is 11.8 Å². The van der Waals surface area contributed by atoms with Crippen molar-refractivity contribution in [2.45, 2.75) is 38.5 Å². The van der Waals surface area contributed by atoms with Crippen LogP contribution in [0.2, 0.25) is 0 Å². The van der Waals surface area contributed by atoms with Crippen LogP contribution in [0.1, 0.15) is 38.5 Å². The Bertz CT molecular complexity index is 839. The van der Waals surface area contributed by atoms with Crippen LogP contribution in [0.5, 0.6) is 16.7 Å². The lowest BCUT2D eigenvalue weighted by Gasteiger charge is -2.29.